The summed E-state index contributed by atoms with van der Waals surface area (Å²) in [5, 5.41) is 3.29. The van der Waals surface area contributed by atoms with E-state index in [0.717, 1.165) is 44.0 Å². The fourth-order valence-electron chi connectivity index (χ4n) is 3.18. The van der Waals surface area contributed by atoms with E-state index in [2.05, 4.69) is 35.2 Å². The molecule has 3 aromatic heterocycles. The number of aryl methyl sites for hydroxylation is 1. The first-order chi connectivity index (χ1) is 11.6. The highest BCUT2D eigenvalue weighted by atomic mass is 32.1. The zero-order valence-corrected chi connectivity index (χ0v) is 14.3. The van der Waals surface area contributed by atoms with Crippen LogP contribution in [-0.2, 0) is 6.54 Å². The summed E-state index contributed by atoms with van der Waals surface area (Å²) in [5.41, 5.74) is 13.9. The van der Waals surface area contributed by atoms with Gasteiger partial charge in [-0.25, -0.2) is 9.97 Å². The normalized spacial score (nSPS) is 16.9. The number of hydrogen-bond acceptors (Lipinski definition) is 8. The van der Waals surface area contributed by atoms with Crippen LogP contribution in [0.5, 0.6) is 0 Å². The van der Waals surface area contributed by atoms with Crippen molar-refractivity contribution >= 4 is 34.3 Å². The number of piperidine rings is 1. The molecule has 0 amide bonds. The maximum atomic E-state index is 5.89. The van der Waals surface area contributed by atoms with Gasteiger partial charge in [0.15, 0.2) is 11.5 Å². The lowest BCUT2D eigenvalue weighted by molar-refractivity contribution is 0.202. The molecule has 1 aliphatic heterocycles. The number of fused-ring (bicyclic) bond motifs is 1. The topological polar surface area (TPSA) is 123 Å². The van der Waals surface area contributed by atoms with Gasteiger partial charge in [-0.15, -0.1) is 11.3 Å². The molecule has 9 heteroatoms. The standard InChI is InChI=1S/C15H20N8S/c1-8-7-24-10(18-8)6-23-4-2-9(3-5-23)13-19-11-12(16)20-15(17)22-14(11)21-13/h7,9H,2-6H2,1H3,(H5,16,17,19,20,21,22). The minimum Gasteiger partial charge on any atom is -0.382 e. The molecule has 0 aromatic carbocycles. The van der Waals surface area contributed by atoms with Gasteiger partial charge in [-0.3, -0.25) is 4.90 Å². The van der Waals surface area contributed by atoms with E-state index in [1.54, 1.807) is 11.3 Å². The third kappa shape index (κ3) is 2.92. The fourth-order valence-corrected chi connectivity index (χ4v) is 3.99. The highest BCUT2D eigenvalue weighted by Gasteiger charge is 2.24. The summed E-state index contributed by atoms with van der Waals surface area (Å²) in [5.74, 6) is 1.83. The van der Waals surface area contributed by atoms with Crippen LogP contribution in [0.2, 0.25) is 0 Å². The molecule has 0 bridgehead atoms. The highest BCUT2D eigenvalue weighted by molar-refractivity contribution is 7.09. The molecule has 1 aliphatic rings. The molecule has 0 saturated carbocycles. The van der Waals surface area contributed by atoms with Crippen molar-refractivity contribution in [1.82, 2.24) is 29.8 Å². The van der Waals surface area contributed by atoms with Crippen molar-refractivity contribution in [3.8, 4) is 0 Å². The largest absolute Gasteiger partial charge is 0.382 e. The third-order valence-corrected chi connectivity index (χ3v) is 5.37. The molecule has 3 aromatic rings. The third-order valence-electron chi connectivity index (χ3n) is 4.41. The maximum absolute atomic E-state index is 5.89. The zero-order valence-electron chi connectivity index (χ0n) is 13.5. The molecular weight excluding hydrogens is 324 g/mol. The van der Waals surface area contributed by atoms with Gasteiger partial charge in [-0.05, 0) is 32.9 Å². The number of aromatic nitrogens is 5. The summed E-state index contributed by atoms with van der Waals surface area (Å²) >= 11 is 1.73. The van der Waals surface area contributed by atoms with Crippen LogP contribution in [-0.4, -0.2) is 42.9 Å². The van der Waals surface area contributed by atoms with Crippen molar-refractivity contribution in [2.45, 2.75) is 32.2 Å². The number of rotatable bonds is 3. The second-order valence-corrected chi connectivity index (χ2v) is 7.16. The molecule has 8 nitrogen and oxygen atoms in total. The first-order valence-electron chi connectivity index (χ1n) is 8.00. The predicted octanol–water partition coefficient (Wildman–Crippen LogP) is 1.66. The molecule has 1 saturated heterocycles. The second-order valence-electron chi connectivity index (χ2n) is 6.22. The summed E-state index contributed by atoms with van der Waals surface area (Å²) in [6.45, 7) is 5.03. The van der Waals surface area contributed by atoms with Crippen LogP contribution in [0.1, 0.15) is 35.3 Å². The molecular formula is C15H20N8S. The van der Waals surface area contributed by atoms with Crippen LogP contribution < -0.4 is 11.5 Å². The number of nitrogen functional groups attached to an aromatic ring is 2. The Labute approximate surface area is 143 Å². The average Bonchev–Trinajstić information content (AvgIpc) is 3.14. The number of hydrogen-bond donors (Lipinski definition) is 3. The number of nitrogens with zero attached hydrogens (tertiary/aromatic N) is 5. The number of likely N-dealkylation sites (tertiary alicyclic amines) is 1. The van der Waals surface area contributed by atoms with E-state index < -0.39 is 0 Å². The molecule has 4 rings (SSSR count). The number of imidazole rings is 1. The molecule has 0 atom stereocenters. The van der Waals surface area contributed by atoms with E-state index in [1.807, 2.05) is 6.92 Å². The smallest absolute Gasteiger partial charge is 0.224 e. The molecule has 0 aliphatic carbocycles. The number of thiazole rings is 1. The molecule has 5 N–H and O–H groups in total. The van der Waals surface area contributed by atoms with Crippen LogP contribution in [0.15, 0.2) is 5.38 Å². The maximum Gasteiger partial charge on any atom is 0.224 e. The molecule has 4 heterocycles. The van der Waals surface area contributed by atoms with Gasteiger partial charge in [-0.2, -0.15) is 9.97 Å². The van der Waals surface area contributed by atoms with Gasteiger partial charge < -0.3 is 16.5 Å². The monoisotopic (exact) mass is 344 g/mol. The van der Waals surface area contributed by atoms with E-state index in [0.29, 0.717) is 22.9 Å². The first-order valence-corrected chi connectivity index (χ1v) is 8.88. The summed E-state index contributed by atoms with van der Waals surface area (Å²) in [4.78, 5) is 23.0. The van der Waals surface area contributed by atoms with Gasteiger partial charge in [0.25, 0.3) is 0 Å². The molecule has 24 heavy (non-hydrogen) atoms. The van der Waals surface area contributed by atoms with Crippen molar-refractivity contribution in [3.63, 3.8) is 0 Å². The highest BCUT2D eigenvalue weighted by Crippen LogP contribution is 2.29. The van der Waals surface area contributed by atoms with Gasteiger partial charge >= 0.3 is 0 Å². The lowest BCUT2D eigenvalue weighted by Crippen LogP contribution is -2.32. The summed E-state index contributed by atoms with van der Waals surface area (Å²) in [6.07, 6.45) is 2.10. The van der Waals surface area contributed by atoms with E-state index in [9.17, 15) is 0 Å². The Kier molecular flexibility index (Phi) is 3.81. The average molecular weight is 344 g/mol. The molecule has 0 spiro atoms. The van der Waals surface area contributed by atoms with Crippen molar-refractivity contribution < 1.29 is 0 Å². The van der Waals surface area contributed by atoms with Gasteiger partial charge in [0.1, 0.15) is 16.3 Å². The minimum atomic E-state index is 0.159. The lowest BCUT2D eigenvalue weighted by atomic mass is 9.96. The van der Waals surface area contributed by atoms with Crippen LogP contribution >= 0.6 is 11.3 Å². The minimum absolute atomic E-state index is 0.159. The summed E-state index contributed by atoms with van der Waals surface area (Å²) in [7, 11) is 0. The van der Waals surface area contributed by atoms with Crippen molar-refractivity contribution in [1.29, 1.82) is 0 Å². The second kappa shape index (κ2) is 5.99. The molecule has 1 fully saturated rings. The van der Waals surface area contributed by atoms with E-state index in [4.69, 9.17) is 11.5 Å². The number of anilines is 2. The predicted molar refractivity (Wildman–Crippen MR) is 94.6 cm³/mol. The quantitative estimate of drug-likeness (QED) is 0.660. The Balaban J connectivity index is 1.45. The van der Waals surface area contributed by atoms with Crippen molar-refractivity contribution in [2.75, 3.05) is 24.6 Å². The number of aromatic amines is 1. The van der Waals surface area contributed by atoms with Crippen LogP contribution in [0.25, 0.3) is 11.2 Å². The Morgan fingerprint density at radius 3 is 2.71 bits per heavy atom. The van der Waals surface area contributed by atoms with Gasteiger partial charge in [0.2, 0.25) is 5.95 Å². The lowest BCUT2D eigenvalue weighted by Gasteiger charge is -2.30. The Morgan fingerprint density at radius 2 is 2.00 bits per heavy atom. The van der Waals surface area contributed by atoms with Crippen molar-refractivity contribution in [3.05, 3.63) is 21.9 Å². The summed E-state index contributed by atoms with van der Waals surface area (Å²) in [6, 6.07) is 0. The molecule has 0 radical (unpaired) electrons. The van der Waals surface area contributed by atoms with Gasteiger partial charge in [0, 0.05) is 17.0 Å². The Bertz CT molecular complexity index is 862. The van der Waals surface area contributed by atoms with Crippen molar-refractivity contribution in [2.24, 2.45) is 0 Å². The number of H-pyrrole nitrogens is 1. The van der Waals surface area contributed by atoms with Crippen LogP contribution in [0.4, 0.5) is 11.8 Å². The molecule has 0 unspecified atom stereocenters. The Morgan fingerprint density at radius 1 is 1.21 bits per heavy atom. The number of nitrogens with two attached hydrogens (primary N) is 2. The SMILES string of the molecule is Cc1csc(CN2CCC(c3nc4nc(N)nc(N)c4[nH]3)CC2)n1. The molecule has 126 valence electrons. The van der Waals surface area contributed by atoms with Gasteiger partial charge in [-0.1, -0.05) is 0 Å². The van der Waals surface area contributed by atoms with Crippen LogP contribution in [0.3, 0.4) is 0 Å². The number of nitrogens with one attached hydrogen (secondary N) is 1. The van der Waals surface area contributed by atoms with E-state index in [-0.39, 0.29) is 5.95 Å². The van der Waals surface area contributed by atoms with Crippen LogP contribution in [0, 0.1) is 6.92 Å². The summed E-state index contributed by atoms with van der Waals surface area (Å²) < 4.78 is 0. The Hall–Kier alpha value is -2.26. The fraction of sp³-hybridized carbons (Fsp3) is 0.467. The van der Waals surface area contributed by atoms with E-state index in [1.165, 1.54) is 5.01 Å². The van der Waals surface area contributed by atoms with E-state index >= 15 is 0 Å². The van der Waals surface area contributed by atoms with Gasteiger partial charge in [0.05, 0.1) is 6.54 Å². The zero-order chi connectivity index (χ0) is 16.7. The first kappa shape index (κ1) is 15.3.